The van der Waals surface area contributed by atoms with Crippen LogP contribution in [0.4, 0.5) is 5.69 Å². The lowest BCUT2D eigenvalue weighted by Gasteiger charge is -2.15. The van der Waals surface area contributed by atoms with Crippen molar-refractivity contribution in [2.24, 2.45) is 0 Å². The molecule has 3 rings (SSSR count). The Kier molecular flexibility index (Phi) is 6.55. The van der Waals surface area contributed by atoms with Gasteiger partial charge in [0.15, 0.2) is 0 Å². The molecule has 6 heteroatoms. The zero-order valence-electron chi connectivity index (χ0n) is 15.4. The number of anilines is 1. The van der Waals surface area contributed by atoms with E-state index in [9.17, 15) is 9.59 Å². The largest absolute Gasteiger partial charge is 0.349 e. The van der Waals surface area contributed by atoms with Crippen molar-refractivity contribution >= 4 is 33.4 Å². The van der Waals surface area contributed by atoms with Crippen molar-refractivity contribution in [1.29, 1.82) is 0 Å². The van der Waals surface area contributed by atoms with Gasteiger partial charge in [-0.15, -0.1) is 0 Å². The number of carbonyl (C=O) groups excluding carboxylic acids is 2. The van der Waals surface area contributed by atoms with Crippen molar-refractivity contribution in [2.45, 2.75) is 19.4 Å². The Bertz CT molecular complexity index is 959. The van der Waals surface area contributed by atoms with Crippen LogP contribution in [0.3, 0.4) is 0 Å². The van der Waals surface area contributed by atoms with Gasteiger partial charge >= 0.3 is 0 Å². The summed E-state index contributed by atoms with van der Waals surface area (Å²) in [6, 6.07) is 18.3. The van der Waals surface area contributed by atoms with Crippen molar-refractivity contribution in [3.05, 3.63) is 94.2 Å². The van der Waals surface area contributed by atoms with Crippen LogP contribution in [0.5, 0.6) is 0 Å². The van der Waals surface area contributed by atoms with E-state index in [1.54, 1.807) is 24.5 Å². The number of rotatable bonds is 6. The molecule has 1 heterocycles. The number of pyridine rings is 1. The molecule has 2 N–H and O–H groups in total. The average Bonchev–Trinajstić information content (AvgIpc) is 2.69. The van der Waals surface area contributed by atoms with E-state index in [4.69, 9.17) is 0 Å². The second-order valence-electron chi connectivity index (χ2n) is 6.41. The van der Waals surface area contributed by atoms with Crippen LogP contribution in [0.2, 0.25) is 0 Å². The van der Waals surface area contributed by atoms with Crippen LogP contribution in [0.15, 0.2) is 77.5 Å². The summed E-state index contributed by atoms with van der Waals surface area (Å²) in [6.07, 6.45) is 3.48. The number of carbonyl (C=O) groups is 2. The summed E-state index contributed by atoms with van der Waals surface area (Å²) in [6.45, 7) is 1.93. The van der Waals surface area contributed by atoms with E-state index in [0.29, 0.717) is 17.7 Å². The minimum absolute atomic E-state index is 0.0410. The predicted octanol–water partition coefficient (Wildman–Crippen LogP) is 4.52. The Morgan fingerprint density at radius 2 is 1.75 bits per heavy atom. The predicted molar refractivity (Wildman–Crippen MR) is 113 cm³/mol. The van der Waals surface area contributed by atoms with E-state index in [1.165, 1.54) is 0 Å². The molecule has 0 aliphatic heterocycles. The van der Waals surface area contributed by atoms with Crippen LogP contribution in [0.25, 0.3) is 0 Å². The molecule has 1 atom stereocenters. The van der Waals surface area contributed by atoms with Gasteiger partial charge in [0, 0.05) is 28.1 Å². The van der Waals surface area contributed by atoms with Gasteiger partial charge in [-0.25, -0.2) is 0 Å². The van der Waals surface area contributed by atoms with Crippen LogP contribution in [0.1, 0.15) is 34.5 Å². The van der Waals surface area contributed by atoms with Crippen LogP contribution in [-0.4, -0.2) is 16.8 Å². The van der Waals surface area contributed by atoms with E-state index in [1.807, 2.05) is 55.5 Å². The highest BCUT2D eigenvalue weighted by molar-refractivity contribution is 9.10. The van der Waals surface area contributed by atoms with Gasteiger partial charge in [-0.1, -0.05) is 40.2 Å². The third-order valence-corrected chi connectivity index (χ3v) is 4.74. The summed E-state index contributed by atoms with van der Waals surface area (Å²) in [4.78, 5) is 28.4. The molecular formula is C22H20BrN3O2. The van der Waals surface area contributed by atoms with Crippen LogP contribution in [-0.2, 0) is 11.2 Å². The third kappa shape index (κ3) is 5.50. The first-order chi connectivity index (χ1) is 13.5. The Labute approximate surface area is 172 Å². The van der Waals surface area contributed by atoms with E-state index < -0.39 is 0 Å². The Balaban J connectivity index is 1.56. The van der Waals surface area contributed by atoms with Gasteiger partial charge < -0.3 is 10.6 Å². The smallest absolute Gasteiger partial charge is 0.255 e. The minimum atomic E-state index is -0.189. The second kappa shape index (κ2) is 9.28. The topological polar surface area (TPSA) is 71.1 Å². The lowest BCUT2D eigenvalue weighted by molar-refractivity contribution is -0.121. The van der Waals surface area contributed by atoms with E-state index in [-0.39, 0.29) is 17.9 Å². The standard InChI is InChI=1S/C22H20BrN3O2/c1-15(25-21(27)14-16-3-2-4-19(23)13-16)17-5-7-20(8-6-17)26-22(28)18-9-11-24-12-10-18/h2-13,15H,14H2,1H3,(H,25,27)(H,26,28). The number of aromatic nitrogens is 1. The molecule has 0 aliphatic rings. The number of hydrogen-bond donors (Lipinski definition) is 2. The third-order valence-electron chi connectivity index (χ3n) is 4.24. The number of halogens is 1. The molecule has 0 aliphatic carbocycles. The Morgan fingerprint density at radius 1 is 1.04 bits per heavy atom. The van der Waals surface area contributed by atoms with Gasteiger partial charge in [-0.3, -0.25) is 14.6 Å². The number of amides is 2. The van der Waals surface area contributed by atoms with Gasteiger partial charge in [-0.05, 0) is 54.4 Å². The molecule has 0 saturated heterocycles. The van der Waals surface area contributed by atoms with Crippen LogP contribution >= 0.6 is 15.9 Å². The highest BCUT2D eigenvalue weighted by atomic mass is 79.9. The Morgan fingerprint density at radius 3 is 2.43 bits per heavy atom. The molecule has 1 aromatic heterocycles. The van der Waals surface area contributed by atoms with Crippen molar-refractivity contribution in [1.82, 2.24) is 10.3 Å². The van der Waals surface area contributed by atoms with Crippen LogP contribution in [0, 0.1) is 0 Å². The van der Waals surface area contributed by atoms with Gasteiger partial charge in [0.2, 0.25) is 5.91 Å². The summed E-state index contributed by atoms with van der Waals surface area (Å²) < 4.78 is 0.954. The maximum Gasteiger partial charge on any atom is 0.255 e. The molecule has 3 aromatic rings. The number of nitrogens with zero attached hydrogens (tertiary/aromatic N) is 1. The van der Waals surface area contributed by atoms with E-state index in [2.05, 4.69) is 31.5 Å². The fourth-order valence-electron chi connectivity index (χ4n) is 2.77. The molecule has 2 aromatic carbocycles. The summed E-state index contributed by atoms with van der Waals surface area (Å²) in [5, 5.41) is 5.85. The molecule has 0 spiro atoms. The van der Waals surface area contributed by atoms with Gasteiger partial charge in [-0.2, -0.15) is 0 Å². The normalized spacial score (nSPS) is 11.5. The van der Waals surface area contributed by atoms with Crippen LogP contribution < -0.4 is 10.6 Å². The average molecular weight is 438 g/mol. The number of hydrogen-bond acceptors (Lipinski definition) is 3. The lowest BCUT2D eigenvalue weighted by atomic mass is 10.1. The van der Waals surface area contributed by atoms with E-state index in [0.717, 1.165) is 15.6 Å². The lowest BCUT2D eigenvalue weighted by Crippen LogP contribution is -2.28. The first kappa shape index (κ1) is 19.8. The molecule has 1 unspecified atom stereocenters. The molecule has 28 heavy (non-hydrogen) atoms. The SMILES string of the molecule is CC(NC(=O)Cc1cccc(Br)c1)c1ccc(NC(=O)c2ccncc2)cc1. The van der Waals surface area contributed by atoms with Crippen molar-refractivity contribution < 1.29 is 9.59 Å². The molecule has 0 fully saturated rings. The van der Waals surface area contributed by atoms with E-state index >= 15 is 0 Å². The summed E-state index contributed by atoms with van der Waals surface area (Å²) in [5.74, 6) is -0.230. The highest BCUT2D eigenvalue weighted by Crippen LogP contribution is 2.17. The molecule has 0 saturated carbocycles. The monoisotopic (exact) mass is 437 g/mol. The molecule has 5 nitrogen and oxygen atoms in total. The number of nitrogens with one attached hydrogen (secondary N) is 2. The summed E-state index contributed by atoms with van der Waals surface area (Å²) >= 11 is 3.41. The Hall–Kier alpha value is -2.99. The summed E-state index contributed by atoms with van der Waals surface area (Å²) in [7, 11) is 0. The van der Waals surface area contributed by atoms with Crippen molar-refractivity contribution in [3.63, 3.8) is 0 Å². The molecular weight excluding hydrogens is 418 g/mol. The quantitative estimate of drug-likeness (QED) is 0.595. The maximum atomic E-state index is 12.3. The van der Waals surface area contributed by atoms with Gasteiger partial charge in [0.25, 0.3) is 5.91 Å². The van der Waals surface area contributed by atoms with Gasteiger partial charge in [0.1, 0.15) is 0 Å². The maximum absolute atomic E-state index is 12.3. The van der Waals surface area contributed by atoms with Crippen molar-refractivity contribution in [3.8, 4) is 0 Å². The minimum Gasteiger partial charge on any atom is -0.349 e. The first-order valence-corrected chi connectivity index (χ1v) is 9.66. The molecule has 142 valence electrons. The number of benzene rings is 2. The fraction of sp³-hybridized carbons (Fsp3) is 0.136. The second-order valence-corrected chi connectivity index (χ2v) is 7.32. The summed E-state index contributed by atoms with van der Waals surface area (Å²) in [5.41, 5.74) is 3.16. The molecule has 2 amide bonds. The highest BCUT2D eigenvalue weighted by Gasteiger charge is 2.11. The van der Waals surface area contributed by atoms with Gasteiger partial charge in [0.05, 0.1) is 12.5 Å². The fourth-order valence-corrected chi connectivity index (χ4v) is 3.22. The zero-order chi connectivity index (χ0) is 19.9. The van der Waals surface area contributed by atoms with Crippen molar-refractivity contribution in [2.75, 3.05) is 5.32 Å². The first-order valence-electron chi connectivity index (χ1n) is 8.86. The molecule has 0 bridgehead atoms. The zero-order valence-corrected chi connectivity index (χ0v) is 16.9. The molecule has 0 radical (unpaired) electrons.